The summed E-state index contributed by atoms with van der Waals surface area (Å²) in [7, 11) is -4.12. The van der Waals surface area contributed by atoms with Gasteiger partial charge in [0.25, 0.3) is 10.0 Å². The molecular formula is C21H16ClNO6S2. The molecule has 1 aliphatic carbocycles. The van der Waals surface area contributed by atoms with Crippen LogP contribution in [0, 0.1) is 0 Å². The average molecular weight is 478 g/mol. The highest BCUT2D eigenvalue weighted by molar-refractivity contribution is 7.91. The lowest BCUT2D eigenvalue weighted by Crippen LogP contribution is -2.44. The lowest BCUT2D eigenvalue weighted by molar-refractivity contribution is -0.140. The molecule has 0 bridgehead atoms. The molecule has 160 valence electrons. The number of carbonyl (C=O) groups is 2. The molecule has 7 nitrogen and oxygen atoms in total. The van der Waals surface area contributed by atoms with Gasteiger partial charge in [0.05, 0.1) is 5.56 Å². The van der Waals surface area contributed by atoms with Crippen LogP contribution in [0.4, 0.5) is 0 Å². The predicted molar refractivity (Wildman–Crippen MR) is 116 cm³/mol. The van der Waals surface area contributed by atoms with Crippen molar-refractivity contribution in [1.29, 1.82) is 0 Å². The van der Waals surface area contributed by atoms with Gasteiger partial charge in [-0.2, -0.15) is 4.72 Å². The highest BCUT2D eigenvalue weighted by atomic mass is 35.5. The van der Waals surface area contributed by atoms with Gasteiger partial charge in [-0.3, -0.25) is 4.79 Å². The zero-order valence-corrected chi connectivity index (χ0v) is 18.2. The van der Waals surface area contributed by atoms with Crippen LogP contribution in [0.2, 0.25) is 5.02 Å². The summed E-state index contributed by atoms with van der Waals surface area (Å²) in [6, 6.07) is 15.9. The lowest BCUT2D eigenvalue weighted by Gasteiger charge is -2.15. The van der Waals surface area contributed by atoms with E-state index in [1.54, 1.807) is 36.4 Å². The Morgan fingerprint density at radius 2 is 1.77 bits per heavy atom. The largest absolute Gasteiger partial charge is 0.480 e. The maximum absolute atomic E-state index is 13.0. The van der Waals surface area contributed by atoms with Crippen molar-refractivity contribution in [2.75, 3.05) is 0 Å². The number of sulfonamides is 1. The second kappa shape index (κ2) is 7.76. The van der Waals surface area contributed by atoms with Gasteiger partial charge in [-0.05, 0) is 53.9 Å². The first-order valence-corrected chi connectivity index (χ1v) is 11.8. The lowest BCUT2D eigenvalue weighted by atomic mass is 10.0. The smallest absolute Gasteiger partial charge is 0.335 e. The van der Waals surface area contributed by atoms with Crippen LogP contribution in [-0.2, 0) is 14.8 Å². The Hall–Kier alpha value is -2.72. The Bertz CT molecular complexity index is 1290. The number of hydrogen-bond donors (Lipinski definition) is 3. The molecule has 1 fully saturated rings. The molecule has 1 aromatic heterocycles. The summed E-state index contributed by atoms with van der Waals surface area (Å²) in [5.41, 5.74) is -0.463. The number of carboxylic acid groups (broad SMARTS) is 2. The molecule has 0 radical (unpaired) electrons. The van der Waals surface area contributed by atoms with Crippen molar-refractivity contribution in [2.45, 2.75) is 22.1 Å². The van der Waals surface area contributed by atoms with Gasteiger partial charge in [-0.15, -0.1) is 11.3 Å². The van der Waals surface area contributed by atoms with Crippen molar-refractivity contribution >= 4 is 44.9 Å². The van der Waals surface area contributed by atoms with E-state index in [1.165, 1.54) is 24.3 Å². The minimum atomic E-state index is -4.12. The highest BCUT2D eigenvalue weighted by Crippen LogP contribution is 2.52. The van der Waals surface area contributed by atoms with Gasteiger partial charge in [-0.1, -0.05) is 35.9 Å². The third kappa shape index (κ3) is 4.09. The second-order valence-electron chi connectivity index (χ2n) is 7.19. The SMILES string of the molecule is O=C(O)c1cccc(C2CC2(NS(=O)(=O)c2ccc(-c3ccc(Cl)cc3)s2)C(=O)O)c1. The summed E-state index contributed by atoms with van der Waals surface area (Å²) in [5.74, 6) is -3.12. The summed E-state index contributed by atoms with van der Waals surface area (Å²) >= 11 is 6.90. The van der Waals surface area contributed by atoms with E-state index in [0.717, 1.165) is 16.9 Å². The van der Waals surface area contributed by atoms with Crippen molar-refractivity contribution in [3.8, 4) is 10.4 Å². The van der Waals surface area contributed by atoms with E-state index in [1.807, 2.05) is 0 Å². The van der Waals surface area contributed by atoms with Gasteiger partial charge in [0.1, 0.15) is 9.75 Å². The van der Waals surface area contributed by atoms with Crippen LogP contribution >= 0.6 is 22.9 Å². The summed E-state index contributed by atoms with van der Waals surface area (Å²) in [6.07, 6.45) is 0.0278. The minimum absolute atomic E-state index is 0.0111. The zero-order chi connectivity index (χ0) is 22.4. The van der Waals surface area contributed by atoms with Crippen molar-refractivity contribution in [3.63, 3.8) is 0 Å². The van der Waals surface area contributed by atoms with Crippen LogP contribution in [0.25, 0.3) is 10.4 Å². The van der Waals surface area contributed by atoms with Gasteiger partial charge in [-0.25, -0.2) is 13.2 Å². The van der Waals surface area contributed by atoms with Crippen LogP contribution in [0.5, 0.6) is 0 Å². The molecule has 0 saturated heterocycles. The summed E-state index contributed by atoms with van der Waals surface area (Å²) < 4.78 is 28.3. The van der Waals surface area contributed by atoms with Crippen molar-refractivity contribution in [1.82, 2.24) is 4.72 Å². The van der Waals surface area contributed by atoms with E-state index in [4.69, 9.17) is 16.7 Å². The molecule has 4 rings (SSSR count). The summed E-state index contributed by atoms with van der Waals surface area (Å²) in [4.78, 5) is 23.9. The number of aromatic carboxylic acids is 1. The van der Waals surface area contributed by atoms with Gasteiger partial charge in [0, 0.05) is 15.8 Å². The molecule has 3 N–H and O–H groups in total. The third-order valence-electron chi connectivity index (χ3n) is 5.17. The number of thiophene rings is 1. The fourth-order valence-electron chi connectivity index (χ4n) is 3.47. The Balaban J connectivity index is 1.61. The Kier molecular flexibility index (Phi) is 5.38. The maximum atomic E-state index is 13.0. The number of hydrogen-bond acceptors (Lipinski definition) is 5. The minimum Gasteiger partial charge on any atom is -0.480 e. The van der Waals surface area contributed by atoms with Crippen LogP contribution in [0.15, 0.2) is 64.9 Å². The molecule has 0 amide bonds. The first-order chi connectivity index (χ1) is 14.6. The molecule has 2 aromatic carbocycles. The number of rotatable bonds is 7. The second-order valence-corrected chi connectivity index (χ2v) is 10.6. The molecule has 3 aromatic rings. The number of benzene rings is 2. The van der Waals surface area contributed by atoms with E-state index >= 15 is 0 Å². The fourth-order valence-corrected chi connectivity index (χ4v) is 6.31. The Morgan fingerprint density at radius 1 is 1.06 bits per heavy atom. The summed E-state index contributed by atoms with van der Waals surface area (Å²) in [5, 5.41) is 19.5. The Morgan fingerprint density at radius 3 is 2.42 bits per heavy atom. The molecule has 1 heterocycles. The van der Waals surface area contributed by atoms with Crippen LogP contribution in [0.3, 0.4) is 0 Å². The molecule has 0 aliphatic heterocycles. The van der Waals surface area contributed by atoms with Gasteiger partial charge >= 0.3 is 11.9 Å². The van der Waals surface area contributed by atoms with E-state index < -0.39 is 33.4 Å². The first kappa shape index (κ1) is 21.5. The third-order valence-corrected chi connectivity index (χ3v) is 8.56. The van der Waals surface area contributed by atoms with Crippen LogP contribution in [0.1, 0.15) is 28.3 Å². The molecule has 1 aliphatic rings. The molecular weight excluding hydrogens is 462 g/mol. The fraction of sp³-hybridized carbons (Fsp3) is 0.143. The normalized spacial score (nSPS) is 20.4. The molecule has 10 heteroatoms. The van der Waals surface area contributed by atoms with Crippen LogP contribution < -0.4 is 4.72 Å². The summed E-state index contributed by atoms with van der Waals surface area (Å²) in [6.45, 7) is 0. The maximum Gasteiger partial charge on any atom is 0.335 e. The highest BCUT2D eigenvalue weighted by Gasteiger charge is 2.63. The van der Waals surface area contributed by atoms with Crippen molar-refractivity contribution in [2.24, 2.45) is 0 Å². The van der Waals surface area contributed by atoms with Crippen molar-refractivity contribution in [3.05, 3.63) is 76.8 Å². The number of nitrogens with one attached hydrogen (secondary N) is 1. The number of aliphatic carboxylic acids is 1. The van der Waals surface area contributed by atoms with Gasteiger partial charge < -0.3 is 10.2 Å². The van der Waals surface area contributed by atoms with E-state index in [0.29, 0.717) is 15.5 Å². The Labute approximate surface area is 187 Å². The molecule has 1 saturated carbocycles. The van der Waals surface area contributed by atoms with Gasteiger partial charge in [0.2, 0.25) is 0 Å². The molecule has 2 unspecified atom stereocenters. The van der Waals surface area contributed by atoms with E-state index in [-0.39, 0.29) is 16.2 Å². The monoisotopic (exact) mass is 477 g/mol. The molecule has 0 spiro atoms. The molecule has 2 atom stereocenters. The number of halogens is 1. The quantitative estimate of drug-likeness (QED) is 0.472. The van der Waals surface area contributed by atoms with Gasteiger partial charge in [0.15, 0.2) is 0 Å². The van der Waals surface area contributed by atoms with Crippen molar-refractivity contribution < 1.29 is 28.2 Å². The van der Waals surface area contributed by atoms with E-state index in [2.05, 4.69) is 4.72 Å². The first-order valence-electron chi connectivity index (χ1n) is 9.09. The standard InChI is InChI=1S/C21H16ClNO6S2/c22-15-6-4-12(5-7-15)17-8-9-18(30-17)31(28,29)23-21(20(26)27)11-16(21)13-2-1-3-14(10-13)19(24)25/h1-10,16,23H,11H2,(H,24,25)(H,26,27). The predicted octanol–water partition coefficient (Wildman–Crippen LogP) is 4.06. The van der Waals surface area contributed by atoms with Crippen LogP contribution in [-0.4, -0.2) is 36.1 Å². The molecule has 31 heavy (non-hydrogen) atoms. The number of carboxylic acids is 2. The average Bonchev–Trinajstić information content (AvgIpc) is 3.22. The topological polar surface area (TPSA) is 121 Å². The zero-order valence-electron chi connectivity index (χ0n) is 15.8. The van der Waals surface area contributed by atoms with E-state index in [9.17, 15) is 23.1 Å².